The maximum Gasteiger partial charge on any atom is 0.271 e. The number of aliphatic hydroxyl groups excluding tert-OH is 2. The maximum atomic E-state index is 13.8. The molecule has 228 valence electrons. The number of hydrogen-bond donors (Lipinski definition) is 3. The Morgan fingerprint density at radius 3 is 2.52 bits per heavy atom. The molecule has 3 aromatic carbocycles. The number of carbonyl (C=O) groups is 2. The minimum absolute atomic E-state index is 0.119. The molecule has 1 aliphatic heterocycles. The van der Waals surface area contributed by atoms with Crippen LogP contribution in [0, 0.1) is 27.9 Å². The van der Waals surface area contributed by atoms with Crippen LogP contribution in [0.4, 0.5) is 11.4 Å². The monoisotopic (exact) mass is 660 g/mol. The van der Waals surface area contributed by atoms with Crippen molar-refractivity contribution in [2.45, 2.75) is 38.7 Å². The van der Waals surface area contributed by atoms with Gasteiger partial charge in [-0.2, -0.15) is 0 Å². The summed E-state index contributed by atoms with van der Waals surface area (Å²) in [4.78, 5) is 39.1. The zero-order valence-electron chi connectivity index (χ0n) is 24.1. The van der Waals surface area contributed by atoms with Gasteiger partial charge in [0.2, 0.25) is 11.8 Å². The lowest BCUT2D eigenvalue weighted by atomic mass is 9.67. The fourth-order valence-electron chi connectivity index (χ4n) is 6.53. The summed E-state index contributed by atoms with van der Waals surface area (Å²) in [5.41, 5.74) is 3.72. The molecule has 10 heteroatoms. The predicted molar refractivity (Wildman–Crippen MR) is 170 cm³/mol. The van der Waals surface area contributed by atoms with E-state index in [2.05, 4.69) is 15.9 Å². The Kier molecular flexibility index (Phi) is 9.43. The van der Waals surface area contributed by atoms with E-state index in [-0.39, 0.29) is 30.0 Å². The first-order valence-electron chi connectivity index (χ1n) is 14.5. The number of aliphatic hydroxyl groups is 2. The van der Waals surface area contributed by atoms with Gasteiger partial charge in [0.1, 0.15) is 5.75 Å². The maximum absolute atomic E-state index is 13.8. The Bertz CT molecular complexity index is 1650. The Balaban J connectivity index is 1.44. The number of aromatic hydroxyl groups is 1. The number of anilines is 1. The van der Waals surface area contributed by atoms with Gasteiger partial charge in [-0.25, -0.2) is 4.90 Å². The molecule has 0 bridgehead atoms. The molecule has 3 aromatic rings. The van der Waals surface area contributed by atoms with Gasteiger partial charge >= 0.3 is 0 Å². The molecule has 2 aliphatic rings. The second-order valence-electron chi connectivity index (χ2n) is 11.1. The van der Waals surface area contributed by atoms with E-state index < -0.39 is 47.2 Å². The van der Waals surface area contributed by atoms with Gasteiger partial charge in [-0.3, -0.25) is 19.7 Å². The van der Waals surface area contributed by atoms with Crippen LogP contribution in [0.25, 0.3) is 11.6 Å². The predicted octanol–water partition coefficient (Wildman–Crippen LogP) is 6.27. The van der Waals surface area contributed by atoms with Gasteiger partial charge in [0, 0.05) is 28.1 Å². The summed E-state index contributed by atoms with van der Waals surface area (Å²) >= 11 is 3.45. The van der Waals surface area contributed by atoms with Crippen molar-refractivity contribution in [1.82, 2.24) is 0 Å². The van der Waals surface area contributed by atoms with Crippen LogP contribution >= 0.6 is 15.9 Å². The highest BCUT2D eigenvalue weighted by molar-refractivity contribution is 9.10. The summed E-state index contributed by atoms with van der Waals surface area (Å²) in [6.45, 7) is 1.48. The van der Waals surface area contributed by atoms with Gasteiger partial charge in [-0.05, 0) is 72.7 Å². The zero-order chi connectivity index (χ0) is 31.5. The van der Waals surface area contributed by atoms with E-state index in [0.29, 0.717) is 24.0 Å². The molecule has 1 fully saturated rings. The number of rotatable bonds is 10. The molecule has 44 heavy (non-hydrogen) atoms. The third kappa shape index (κ3) is 6.10. The highest BCUT2D eigenvalue weighted by Gasteiger charge is 2.55. The van der Waals surface area contributed by atoms with E-state index >= 15 is 0 Å². The van der Waals surface area contributed by atoms with E-state index in [1.54, 1.807) is 12.1 Å². The quantitative estimate of drug-likeness (QED) is 0.0765. The van der Waals surface area contributed by atoms with Crippen LogP contribution in [0.3, 0.4) is 0 Å². The molecule has 0 aromatic heterocycles. The van der Waals surface area contributed by atoms with Gasteiger partial charge in [0.25, 0.3) is 5.69 Å². The number of benzene rings is 3. The molecule has 2 amide bonds. The molecular weight excluding hydrogens is 628 g/mol. The molecule has 1 aliphatic carbocycles. The number of nitro benzene ring substituents is 1. The van der Waals surface area contributed by atoms with Crippen LogP contribution in [-0.2, 0) is 9.59 Å². The van der Waals surface area contributed by atoms with Crippen molar-refractivity contribution in [3.8, 4) is 5.75 Å². The van der Waals surface area contributed by atoms with Crippen LogP contribution < -0.4 is 4.90 Å². The average molecular weight is 662 g/mol. The van der Waals surface area contributed by atoms with Crippen LogP contribution in [0.15, 0.2) is 88.4 Å². The number of amides is 2. The van der Waals surface area contributed by atoms with Gasteiger partial charge in [0.15, 0.2) is 0 Å². The molecule has 4 atom stereocenters. The van der Waals surface area contributed by atoms with Crippen molar-refractivity contribution in [1.29, 1.82) is 0 Å². The number of nitrogens with zero attached hydrogens (tertiary/aromatic N) is 2. The number of nitro groups is 1. The second-order valence-corrected chi connectivity index (χ2v) is 12.0. The average Bonchev–Trinajstić information content (AvgIpc) is 3.28. The van der Waals surface area contributed by atoms with Crippen molar-refractivity contribution in [2.24, 2.45) is 17.8 Å². The van der Waals surface area contributed by atoms with E-state index in [9.17, 15) is 35.0 Å². The van der Waals surface area contributed by atoms with Crippen LogP contribution in [0.1, 0.15) is 43.7 Å². The number of imide groups is 1. The fourth-order valence-corrected chi connectivity index (χ4v) is 6.91. The van der Waals surface area contributed by atoms with Crippen LogP contribution in [0.5, 0.6) is 5.75 Å². The molecule has 0 spiro atoms. The normalized spacial score (nSPS) is 21.0. The third-order valence-electron chi connectivity index (χ3n) is 8.62. The largest absolute Gasteiger partial charge is 0.507 e. The standard InChI is InChI=1S/C34H33BrN2O7/c1-2-20-17-27-32(34(42)36(33(27)41)25-9-6-10-26(18-25)37(43)44)28(19-38)31(20)30(40)13-11-22(21-7-4-3-5-8-21)15-23-16-24(35)12-14-29(23)39/h3-10,12,14-16,18,27-28,30,32,38-40H,2,11,13,17,19H2,1H3/b22-15-/t27-,28+,30-,32-/m1/s1. The number of allylic oxidation sites excluding steroid dienone is 2. The number of carbonyl (C=O) groups excluding carboxylic acids is 2. The molecule has 0 unspecified atom stereocenters. The summed E-state index contributed by atoms with van der Waals surface area (Å²) in [6.07, 6.45) is 2.37. The summed E-state index contributed by atoms with van der Waals surface area (Å²) in [6, 6.07) is 20.2. The molecule has 1 heterocycles. The van der Waals surface area contributed by atoms with Crippen molar-refractivity contribution < 1.29 is 29.8 Å². The number of phenols is 1. The Morgan fingerprint density at radius 2 is 1.84 bits per heavy atom. The van der Waals surface area contributed by atoms with Crippen molar-refractivity contribution >= 4 is 50.8 Å². The highest BCUT2D eigenvalue weighted by atomic mass is 79.9. The minimum Gasteiger partial charge on any atom is -0.507 e. The van der Waals surface area contributed by atoms with Gasteiger partial charge in [-0.15, -0.1) is 0 Å². The molecule has 9 nitrogen and oxygen atoms in total. The Hall–Kier alpha value is -4.12. The van der Waals surface area contributed by atoms with E-state index in [1.165, 1.54) is 24.3 Å². The third-order valence-corrected chi connectivity index (χ3v) is 9.11. The molecule has 3 N–H and O–H groups in total. The lowest BCUT2D eigenvalue weighted by Gasteiger charge is -2.36. The summed E-state index contributed by atoms with van der Waals surface area (Å²) < 4.78 is 0.809. The van der Waals surface area contributed by atoms with Crippen LogP contribution in [0.2, 0.25) is 0 Å². The van der Waals surface area contributed by atoms with Crippen molar-refractivity contribution in [2.75, 3.05) is 11.5 Å². The first-order valence-corrected chi connectivity index (χ1v) is 15.3. The summed E-state index contributed by atoms with van der Waals surface area (Å²) in [7, 11) is 0. The van der Waals surface area contributed by atoms with Crippen molar-refractivity contribution in [3.05, 3.63) is 110 Å². The number of fused-ring (bicyclic) bond motifs is 1. The smallest absolute Gasteiger partial charge is 0.271 e. The number of phenolic OH excluding ortho intramolecular Hbond substituents is 1. The van der Waals surface area contributed by atoms with Gasteiger partial charge in [-0.1, -0.05) is 64.8 Å². The highest BCUT2D eigenvalue weighted by Crippen LogP contribution is 2.48. The second kappa shape index (κ2) is 13.3. The number of non-ortho nitro benzene ring substituents is 1. The van der Waals surface area contributed by atoms with Gasteiger partial charge < -0.3 is 15.3 Å². The topological polar surface area (TPSA) is 141 Å². The SMILES string of the molecule is CCC1=C([C@H](O)CC/C(=C/c2cc(Br)ccc2O)c2ccccc2)[C@H](CO)[C@@H]2C(=O)N(c3cccc([N+](=O)[O-])c3)C(=O)[C@@H]2C1. The summed E-state index contributed by atoms with van der Waals surface area (Å²) in [5, 5.41) is 44.1. The number of hydrogen-bond acceptors (Lipinski definition) is 7. The van der Waals surface area contributed by atoms with E-state index in [1.807, 2.05) is 49.4 Å². The van der Waals surface area contributed by atoms with Crippen molar-refractivity contribution in [3.63, 3.8) is 0 Å². The van der Waals surface area contributed by atoms with E-state index in [4.69, 9.17) is 0 Å². The molecule has 0 saturated carbocycles. The molecule has 5 rings (SSSR count). The lowest BCUT2D eigenvalue weighted by Crippen LogP contribution is -2.39. The molecular formula is C34H33BrN2O7. The summed E-state index contributed by atoms with van der Waals surface area (Å²) in [5.74, 6) is -3.28. The minimum atomic E-state index is -0.999. The molecule has 0 radical (unpaired) electrons. The van der Waals surface area contributed by atoms with E-state index in [0.717, 1.165) is 26.1 Å². The first kappa shape index (κ1) is 31.3. The zero-order valence-corrected chi connectivity index (χ0v) is 25.7. The fraction of sp³-hybridized carbons (Fsp3) is 0.294. The Morgan fingerprint density at radius 1 is 1.09 bits per heavy atom. The van der Waals surface area contributed by atoms with Crippen LogP contribution in [-0.4, -0.2) is 44.8 Å². The first-order chi connectivity index (χ1) is 21.1. The Labute approximate surface area is 263 Å². The number of halogens is 1. The lowest BCUT2D eigenvalue weighted by molar-refractivity contribution is -0.384. The van der Waals surface area contributed by atoms with Gasteiger partial charge in [0.05, 0.1) is 35.2 Å². The molecule has 1 saturated heterocycles.